The van der Waals surface area contributed by atoms with Crippen LogP contribution in [0.25, 0.3) is 0 Å². The van der Waals surface area contributed by atoms with Crippen LogP contribution in [0.4, 0.5) is 0 Å². The molecule has 3 fully saturated rings. The van der Waals surface area contributed by atoms with E-state index in [0.29, 0.717) is 0 Å². The standard InChI is InChI=1S/C17H27N5/c1-14-9-18-16(19-10-14)17(3-4-17)22-7-5-21(6-8-22)13-15-11-20(2)12-15/h9-10,15H,3-8,11-13H2,1-2H3. The third-order valence-electron chi connectivity index (χ3n) is 5.55. The van der Waals surface area contributed by atoms with E-state index < -0.39 is 0 Å². The van der Waals surface area contributed by atoms with Crippen LogP contribution in [0.2, 0.25) is 0 Å². The molecule has 2 saturated heterocycles. The molecule has 0 unspecified atom stereocenters. The Bertz CT molecular complexity index is 510. The SMILES string of the molecule is Cc1cnc(C2(N3CCN(CC4CN(C)C4)CC3)CC2)nc1. The highest BCUT2D eigenvalue weighted by Gasteiger charge is 2.52. The van der Waals surface area contributed by atoms with Gasteiger partial charge in [-0.05, 0) is 38.3 Å². The van der Waals surface area contributed by atoms with Crippen LogP contribution in [-0.2, 0) is 5.54 Å². The Morgan fingerprint density at radius 1 is 1.09 bits per heavy atom. The molecule has 4 rings (SSSR count). The zero-order valence-electron chi connectivity index (χ0n) is 13.8. The van der Waals surface area contributed by atoms with Gasteiger partial charge in [0.25, 0.3) is 0 Å². The largest absolute Gasteiger partial charge is 0.306 e. The van der Waals surface area contributed by atoms with Gasteiger partial charge in [0.15, 0.2) is 0 Å². The van der Waals surface area contributed by atoms with Crippen molar-refractivity contribution in [2.75, 3.05) is 52.9 Å². The van der Waals surface area contributed by atoms with E-state index in [1.54, 1.807) is 0 Å². The van der Waals surface area contributed by atoms with Gasteiger partial charge in [0, 0.05) is 58.2 Å². The Morgan fingerprint density at radius 2 is 1.73 bits per heavy atom. The van der Waals surface area contributed by atoms with Gasteiger partial charge < -0.3 is 9.80 Å². The maximum atomic E-state index is 4.61. The highest BCUT2D eigenvalue weighted by atomic mass is 15.3. The minimum atomic E-state index is 0.163. The van der Waals surface area contributed by atoms with Crippen molar-refractivity contribution in [1.82, 2.24) is 24.7 Å². The summed E-state index contributed by atoms with van der Waals surface area (Å²) < 4.78 is 0. The molecule has 0 N–H and O–H groups in total. The van der Waals surface area contributed by atoms with Crippen molar-refractivity contribution in [3.8, 4) is 0 Å². The molecule has 5 heteroatoms. The molecule has 0 atom stereocenters. The normalized spacial score (nSPS) is 26.8. The topological polar surface area (TPSA) is 35.5 Å². The minimum absolute atomic E-state index is 0.163. The maximum Gasteiger partial charge on any atom is 0.148 e. The zero-order chi connectivity index (χ0) is 15.2. The average Bonchev–Trinajstić information content (AvgIpc) is 3.29. The van der Waals surface area contributed by atoms with Crippen molar-refractivity contribution in [2.24, 2.45) is 5.92 Å². The molecule has 0 bridgehead atoms. The van der Waals surface area contributed by atoms with Crippen LogP contribution in [-0.4, -0.2) is 77.5 Å². The Morgan fingerprint density at radius 3 is 2.27 bits per heavy atom. The Hall–Kier alpha value is -1.04. The zero-order valence-corrected chi connectivity index (χ0v) is 13.8. The predicted octanol–water partition coefficient (Wildman–Crippen LogP) is 0.953. The lowest BCUT2D eigenvalue weighted by atomic mass is 10.00. The summed E-state index contributed by atoms with van der Waals surface area (Å²) >= 11 is 0. The molecule has 0 radical (unpaired) electrons. The molecule has 120 valence electrons. The first-order chi connectivity index (χ1) is 10.7. The summed E-state index contributed by atoms with van der Waals surface area (Å²) in [5.41, 5.74) is 1.31. The number of rotatable bonds is 4. The van der Waals surface area contributed by atoms with Crippen LogP contribution in [0.3, 0.4) is 0 Å². The third-order valence-corrected chi connectivity index (χ3v) is 5.55. The van der Waals surface area contributed by atoms with E-state index in [9.17, 15) is 0 Å². The molecule has 5 nitrogen and oxygen atoms in total. The Balaban J connectivity index is 1.34. The summed E-state index contributed by atoms with van der Waals surface area (Å²) in [6.07, 6.45) is 6.38. The maximum absolute atomic E-state index is 4.61. The Labute approximate surface area is 133 Å². The molecule has 0 spiro atoms. The third kappa shape index (κ3) is 2.66. The fourth-order valence-corrected chi connectivity index (χ4v) is 4.10. The lowest BCUT2D eigenvalue weighted by molar-refractivity contribution is 0.0411. The van der Waals surface area contributed by atoms with Gasteiger partial charge in [0.1, 0.15) is 5.82 Å². The second kappa shape index (κ2) is 5.55. The predicted molar refractivity (Wildman–Crippen MR) is 86.7 cm³/mol. The van der Waals surface area contributed by atoms with E-state index in [1.165, 1.54) is 58.7 Å². The number of piperazine rings is 1. The summed E-state index contributed by atoms with van der Waals surface area (Å²) in [4.78, 5) is 16.9. The molecule has 22 heavy (non-hydrogen) atoms. The van der Waals surface area contributed by atoms with Crippen LogP contribution in [0.15, 0.2) is 12.4 Å². The fourth-order valence-electron chi connectivity index (χ4n) is 4.10. The summed E-state index contributed by atoms with van der Waals surface area (Å²) in [7, 11) is 2.22. The number of hydrogen-bond acceptors (Lipinski definition) is 5. The summed E-state index contributed by atoms with van der Waals surface area (Å²) in [6.45, 7) is 10.6. The average molecular weight is 301 g/mol. The van der Waals surface area contributed by atoms with E-state index in [2.05, 4.69) is 38.6 Å². The molecular formula is C17H27N5. The second-order valence-corrected chi connectivity index (χ2v) is 7.49. The molecule has 3 heterocycles. The second-order valence-electron chi connectivity index (χ2n) is 7.49. The fraction of sp³-hybridized carbons (Fsp3) is 0.765. The summed E-state index contributed by atoms with van der Waals surface area (Å²) in [6, 6.07) is 0. The highest BCUT2D eigenvalue weighted by molar-refractivity contribution is 5.18. The van der Waals surface area contributed by atoms with Crippen molar-refractivity contribution in [1.29, 1.82) is 0 Å². The van der Waals surface area contributed by atoms with E-state index in [4.69, 9.17) is 0 Å². The molecule has 1 saturated carbocycles. The van der Waals surface area contributed by atoms with Crippen molar-refractivity contribution in [2.45, 2.75) is 25.3 Å². The van der Waals surface area contributed by atoms with Crippen LogP contribution < -0.4 is 0 Å². The van der Waals surface area contributed by atoms with Gasteiger partial charge in [0.2, 0.25) is 0 Å². The summed E-state index contributed by atoms with van der Waals surface area (Å²) in [5, 5.41) is 0. The molecular weight excluding hydrogens is 274 g/mol. The van der Waals surface area contributed by atoms with Gasteiger partial charge in [-0.25, -0.2) is 9.97 Å². The molecule has 1 aliphatic carbocycles. The Kier molecular flexibility index (Phi) is 3.67. The molecule has 0 aromatic carbocycles. The van der Waals surface area contributed by atoms with Gasteiger partial charge >= 0.3 is 0 Å². The minimum Gasteiger partial charge on any atom is -0.306 e. The molecule has 1 aromatic heterocycles. The van der Waals surface area contributed by atoms with E-state index in [0.717, 1.165) is 17.3 Å². The van der Waals surface area contributed by atoms with Gasteiger partial charge in [-0.15, -0.1) is 0 Å². The summed E-state index contributed by atoms with van der Waals surface area (Å²) in [5.74, 6) is 1.94. The number of likely N-dealkylation sites (tertiary alicyclic amines) is 1. The van der Waals surface area contributed by atoms with E-state index in [-0.39, 0.29) is 5.54 Å². The van der Waals surface area contributed by atoms with E-state index >= 15 is 0 Å². The molecule has 0 amide bonds. The monoisotopic (exact) mass is 301 g/mol. The highest BCUT2D eigenvalue weighted by Crippen LogP contribution is 2.49. The molecule has 1 aromatic rings. The number of nitrogens with zero attached hydrogens (tertiary/aromatic N) is 5. The van der Waals surface area contributed by atoms with Crippen molar-refractivity contribution in [3.63, 3.8) is 0 Å². The van der Waals surface area contributed by atoms with Crippen molar-refractivity contribution in [3.05, 3.63) is 23.8 Å². The van der Waals surface area contributed by atoms with Crippen LogP contribution in [0.1, 0.15) is 24.2 Å². The lowest BCUT2D eigenvalue weighted by Gasteiger charge is -2.43. The number of hydrogen-bond donors (Lipinski definition) is 0. The lowest BCUT2D eigenvalue weighted by Crippen LogP contribution is -2.55. The first kappa shape index (κ1) is 14.5. The first-order valence-electron chi connectivity index (χ1n) is 8.61. The number of aryl methyl sites for hydroxylation is 1. The van der Waals surface area contributed by atoms with Crippen LogP contribution >= 0.6 is 0 Å². The number of aromatic nitrogens is 2. The van der Waals surface area contributed by atoms with Crippen LogP contribution in [0.5, 0.6) is 0 Å². The quantitative estimate of drug-likeness (QED) is 0.827. The van der Waals surface area contributed by atoms with E-state index in [1.807, 2.05) is 12.4 Å². The van der Waals surface area contributed by atoms with Gasteiger partial charge in [0.05, 0.1) is 5.54 Å². The molecule has 2 aliphatic heterocycles. The van der Waals surface area contributed by atoms with Crippen LogP contribution in [0, 0.1) is 12.8 Å². The van der Waals surface area contributed by atoms with Gasteiger partial charge in [-0.1, -0.05) is 0 Å². The van der Waals surface area contributed by atoms with Gasteiger partial charge in [-0.2, -0.15) is 0 Å². The molecule has 3 aliphatic rings. The van der Waals surface area contributed by atoms with Crippen molar-refractivity contribution >= 4 is 0 Å². The smallest absolute Gasteiger partial charge is 0.148 e. The first-order valence-corrected chi connectivity index (χ1v) is 8.61. The van der Waals surface area contributed by atoms with Gasteiger partial charge in [-0.3, -0.25) is 4.90 Å². The van der Waals surface area contributed by atoms with Crippen molar-refractivity contribution < 1.29 is 0 Å².